The summed E-state index contributed by atoms with van der Waals surface area (Å²) in [4.78, 5) is 24.3. The van der Waals surface area contributed by atoms with Crippen LogP contribution in [-0.2, 0) is 9.53 Å². The van der Waals surface area contributed by atoms with E-state index in [1.54, 1.807) is 55.5 Å². The summed E-state index contributed by atoms with van der Waals surface area (Å²) in [5.74, 6) is -0.517. The van der Waals surface area contributed by atoms with Crippen LogP contribution in [0.2, 0.25) is 0 Å². The van der Waals surface area contributed by atoms with Crippen LogP contribution in [0.4, 0.5) is 4.39 Å². The molecule has 0 heterocycles. The van der Waals surface area contributed by atoms with E-state index in [0.29, 0.717) is 22.4 Å². The molecule has 142 valence electrons. The molecule has 3 aromatic carbocycles. The van der Waals surface area contributed by atoms with Gasteiger partial charge in [0.1, 0.15) is 17.7 Å². The van der Waals surface area contributed by atoms with Crippen LogP contribution in [0, 0.1) is 5.82 Å². The molecule has 0 aliphatic rings. The third-order valence-electron chi connectivity index (χ3n) is 4.16. The molecule has 0 saturated carbocycles. The number of hydrogen-bond acceptors (Lipinski definition) is 4. The highest BCUT2D eigenvalue weighted by Crippen LogP contribution is 2.18. The van der Waals surface area contributed by atoms with Gasteiger partial charge in [-0.2, -0.15) is 0 Å². The number of carbonyl (C=O) groups is 2. The lowest BCUT2D eigenvalue weighted by Gasteiger charge is -2.14. The van der Waals surface area contributed by atoms with E-state index in [1.165, 1.54) is 12.1 Å². The Morgan fingerprint density at radius 3 is 2.11 bits per heavy atom. The first kappa shape index (κ1) is 19.3. The van der Waals surface area contributed by atoms with E-state index in [0.717, 1.165) is 0 Å². The molecular formula is C23H19FO4. The quantitative estimate of drug-likeness (QED) is 0.440. The second-order valence-corrected chi connectivity index (χ2v) is 6.19. The Morgan fingerprint density at radius 2 is 1.46 bits per heavy atom. The maximum Gasteiger partial charge on any atom is 0.344 e. The third-order valence-corrected chi connectivity index (χ3v) is 4.16. The minimum absolute atomic E-state index is 0.0836. The number of esters is 1. The molecule has 0 saturated heterocycles. The zero-order valence-corrected chi connectivity index (χ0v) is 15.3. The summed E-state index contributed by atoms with van der Waals surface area (Å²) in [6.07, 6.45) is -0.512. The van der Waals surface area contributed by atoms with Crippen LogP contribution < -0.4 is 4.74 Å². The van der Waals surface area contributed by atoms with Gasteiger partial charge >= 0.3 is 5.97 Å². The fourth-order valence-electron chi connectivity index (χ4n) is 2.63. The second kappa shape index (κ2) is 8.95. The average Bonchev–Trinajstić information content (AvgIpc) is 2.73. The van der Waals surface area contributed by atoms with Gasteiger partial charge in [-0.25, -0.2) is 9.18 Å². The van der Waals surface area contributed by atoms with Crippen molar-refractivity contribution in [1.82, 2.24) is 0 Å². The van der Waals surface area contributed by atoms with Gasteiger partial charge < -0.3 is 9.47 Å². The Kier molecular flexibility index (Phi) is 6.17. The van der Waals surface area contributed by atoms with Crippen LogP contribution in [0.3, 0.4) is 0 Å². The van der Waals surface area contributed by atoms with Crippen molar-refractivity contribution >= 4 is 11.8 Å². The standard InChI is InChI=1S/C23H19FO4/c1-16(17-7-11-20(24)12-8-17)28-22(25)15-27-21-13-9-19(10-14-21)23(26)18-5-3-2-4-6-18/h2-14,16H,15H2,1H3/t16-/m1/s1. The first-order chi connectivity index (χ1) is 13.5. The molecular weight excluding hydrogens is 359 g/mol. The highest BCUT2D eigenvalue weighted by molar-refractivity contribution is 6.08. The van der Waals surface area contributed by atoms with E-state index >= 15 is 0 Å². The Labute approximate surface area is 162 Å². The van der Waals surface area contributed by atoms with Gasteiger partial charge in [0.25, 0.3) is 0 Å². The summed E-state index contributed by atoms with van der Waals surface area (Å²) >= 11 is 0. The maximum atomic E-state index is 12.9. The molecule has 0 radical (unpaired) electrons. The van der Waals surface area contributed by atoms with Crippen LogP contribution in [0.25, 0.3) is 0 Å². The molecule has 28 heavy (non-hydrogen) atoms. The predicted molar refractivity (Wildman–Crippen MR) is 103 cm³/mol. The van der Waals surface area contributed by atoms with Crippen molar-refractivity contribution in [2.75, 3.05) is 6.61 Å². The fourth-order valence-corrected chi connectivity index (χ4v) is 2.63. The van der Waals surface area contributed by atoms with E-state index < -0.39 is 12.1 Å². The third kappa shape index (κ3) is 5.04. The molecule has 0 N–H and O–H groups in total. The summed E-state index contributed by atoms with van der Waals surface area (Å²) in [6, 6.07) is 21.3. The number of rotatable bonds is 7. The SMILES string of the molecule is C[C@@H](OC(=O)COc1ccc(C(=O)c2ccccc2)cc1)c1ccc(F)cc1. The molecule has 0 aliphatic heterocycles. The molecule has 0 amide bonds. The smallest absolute Gasteiger partial charge is 0.344 e. The van der Waals surface area contributed by atoms with Gasteiger partial charge in [-0.3, -0.25) is 4.79 Å². The van der Waals surface area contributed by atoms with E-state index in [9.17, 15) is 14.0 Å². The van der Waals surface area contributed by atoms with Crippen LogP contribution in [0.15, 0.2) is 78.9 Å². The fraction of sp³-hybridized carbons (Fsp3) is 0.130. The number of halogens is 1. The number of benzene rings is 3. The summed E-state index contributed by atoms with van der Waals surface area (Å²) in [7, 11) is 0. The van der Waals surface area contributed by atoms with Crippen molar-refractivity contribution in [2.24, 2.45) is 0 Å². The predicted octanol–water partition coefficient (Wildman–Crippen LogP) is 4.74. The highest BCUT2D eigenvalue weighted by atomic mass is 19.1. The lowest BCUT2D eigenvalue weighted by Crippen LogP contribution is -2.17. The molecule has 0 aliphatic carbocycles. The maximum absolute atomic E-state index is 12.9. The summed E-state index contributed by atoms with van der Waals surface area (Å²) in [5.41, 5.74) is 1.83. The monoisotopic (exact) mass is 378 g/mol. The summed E-state index contributed by atoms with van der Waals surface area (Å²) in [5, 5.41) is 0. The first-order valence-corrected chi connectivity index (χ1v) is 8.80. The molecule has 0 fully saturated rings. The van der Waals surface area contributed by atoms with E-state index in [-0.39, 0.29) is 18.2 Å². The molecule has 0 spiro atoms. The molecule has 1 atom stereocenters. The Morgan fingerprint density at radius 1 is 0.857 bits per heavy atom. The average molecular weight is 378 g/mol. The Balaban J connectivity index is 1.52. The van der Waals surface area contributed by atoms with Crippen LogP contribution >= 0.6 is 0 Å². The van der Waals surface area contributed by atoms with Gasteiger partial charge in [0.2, 0.25) is 0 Å². The topological polar surface area (TPSA) is 52.6 Å². The Hall–Kier alpha value is -3.47. The molecule has 0 aromatic heterocycles. The Bertz CT molecular complexity index is 935. The first-order valence-electron chi connectivity index (χ1n) is 8.80. The van der Waals surface area contributed by atoms with Crippen LogP contribution in [-0.4, -0.2) is 18.4 Å². The van der Waals surface area contributed by atoms with Gasteiger partial charge in [-0.15, -0.1) is 0 Å². The minimum Gasteiger partial charge on any atom is -0.482 e. The minimum atomic E-state index is -0.540. The van der Waals surface area contributed by atoms with Gasteiger partial charge in [0.05, 0.1) is 0 Å². The molecule has 5 heteroatoms. The van der Waals surface area contributed by atoms with Crippen molar-refractivity contribution in [3.05, 3.63) is 101 Å². The van der Waals surface area contributed by atoms with Crippen LogP contribution in [0.5, 0.6) is 5.75 Å². The summed E-state index contributed by atoms with van der Waals surface area (Å²) < 4.78 is 23.6. The van der Waals surface area contributed by atoms with Gasteiger partial charge in [-0.1, -0.05) is 42.5 Å². The largest absolute Gasteiger partial charge is 0.482 e. The van der Waals surface area contributed by atoms with Crippen molar-refractivity contribution < 1.29 is 23.5 Å². The number of carbonyl (C=O) groups excluding carboxylic acids is 2. The van der Waals surface area contributed by atoms with Crippen molar-refractivity contribution in [1.29, 1.82) is 0 Å². The van der Waals surface area contributed by atoms with Crippen molar-refractivity contribution in [3.63, 3.8) is 0 Å². The normalized spacial score (nSPS) is 11.5. The summed E-state index contributed by atoms with van der Waals surface area (Å²) in [6.45, 7) is 1.44. The van der Waals surface area contributed by atoms with E-state index in [1.807, 2.05) is 18.2 Å². The molecule has 3 aromatic rings. The molecule has 4 nitrogen and oxygen atoms in total. The zero-order valence-electron chi connectivity index (χ0n) is 15.3. The van der Waals surface area contributed by atoms with Gasteiger partial charge in [0, 0.05) is 11.1 Å². The molecule has 0 unspecified atom stereocenters. The second-order valence-electron chi connectivity index (χ2n) is 6.19. The van der Waals surface area contributed by atoms with Gasteiger partial charge in [0.15, 0.2) is 12.4 Å². The van der Waals surface area contributed by atoms with Crippen LogP contribution in [0.1, 0.15) is 34.5 Å². The molecule has 3 rings (SSSR count). The van der Waals surface area contributed by atoms with E-state index in [2.05, 4.69) is 0 Å². The van der Waals surface area contributed by atoms with Crippen molar-refractivity contribution in [3.8, 4) is 5.75 Å². The lowest BCUT2D eigenvalue weighted by atomic mass is 10.0. The number of hydrogen-bond donors (Lipinski definition) is 0. The number of ketones is 1. The zero-order chi connectivity index (χ0) is 19.9. The molecule has 0 bridgehead atoms. The lowest BCUT2D eigenvalue weighted by molar-refractivity contribution is -0.151. The van der Waals surface area contributed by atoms with Crippen molar-refractivity contribution in [2.45, 2.75) is 13.0 Å². The highest BCUT2D eigenvalue weighted by Gasteiger charge is 2.13. The van der Waals surface area contributed by atoms with Gasteiger partial charge in [-0.05, 0) is 48.9 Å². The van der Waals surface area contributed by atoms with E-state index in [4.69, 9.17) is 9.47 Å². The number of ether oxygens (including phenoxy) is 2.